The molecular formula is C19H16N2O3S2. The predicted molar refractivity (Wildman–Crippen MR) is 103 cm³/mol. The fourth-order valence-electron chi connectivity index (χ4n) is 2.68. The van der Waals surface area contributed by atoms with E-state index in [2.05, 4.69) is 9.71 Å². The van der Waals surface area contributed by atoms with Gasteiger partial charge in [-0.1, -0.05) is 30.3 Å². The first-order valence-corrected chi connectivity index (χ1v) is 10.3. The van der Waals surface area contributed by atoms with E-state index in [1.54, 1.807) is 24.5 Å². The summed E-state index contributed by atoms with van der Waals surface area (Å²) in [5.74, 6) is 0.682. The van der Waals surface area contributed by atoms with Gasteiger partial charge in [-0.05, 0) is 42.0 Å². The van der Waals surface area contributed by atoms with E-state index in [0.29, 0.717) is 5.76 Å². The largest absolute Gasteiger partial charge is 0.462 e. The Morgan fingerprint density at radius 2 is 1.88 bits per heavy atom. The van der Waals surface area contributed by atoms with Gasteiger partial charge in [-0.3, -0.25) is 0 Å². The van der Waals surface area contributed by atoms with Gasteiger partial charge >= 0.3 is 0 Å². The molecule has 0 atom stereocenters. The van der Waals surface area contributed by atoms with Crippen LogP contribution in [0, 0.1) is 6.92 Å². The van der Waals surface area contributed by atoms with Crippen LogP contribution in [0.15, 0.2) is 70.2 Å². The molecule has 0 saturated carbocycles. The summed E-state index contributed by atoms with van der Waals surface area (Å²) in [4.78, 5) is 5.57. The van der Waals surface area contributed by atoms with Gasteiger partial charge in [0.1, 0.15) is 0 Å². The minimum absolute atomic E-state index is 0.194. The molecule has 0 aliphatic heterocycles. The molecule has 2 aromatic carbocycles. The lowest BCUT2D eigenvalue weighted by Gasteiger charge is -2.07. The summed E-state index contributed by atoms with van der Waals surface area (Å²) in [6.45, 7) is 2.06. The van der Waals surface area contributed by atoms with Crippen molar-refractivity contribution in [3.8, 4) is 10.8 Å². The molecule has 0 saturated heterocycles. The third-order valence-electron chi connectivity index (χ3n) is 4.08. The lowest BCUT2D eigenvalue weighted by Crippen LogP contribution is -2.23. The van der Waals surface area contributed by atoms with Crippen molar-refractivity contribution in [1.82, 2.24) is 9.71 Å². The second-order valence-corrected chi connectivity index (χ2v) is 8.69. The summed E-state index contributed by atoms with van der Waals surface area (Å²) in [6.07, 6.45) is 1.59. The Bertz CT molecular complexity index is 1160. The van der Waals surface area contributed by atoms with Crippen LogP contribution in [-0.2, 0) is 16.6 Å². The monoisotopic (exact) mass is 384 g/mol. The third-order valence-corrected chi connectivity index (χ3v) is 6.65. The average Bonchev–Trinajstić information content (AvgIpc) is 3.29. The van der Waals surface area contributed by atoms with Gasteiger partial charge in [-0.15, -0.1) is 11.3 Å². The fourth-order valence-corrected chi connectivity index (χ4v) is 4.77. The highest BCUT2D eigenvalue weighted by Gasteiger charge is 2.17. The number of rotatable bonds is 5. The zero-order valence-electron chi connectivity index (χ0n) is 14.0. The smallest absolute Gasteiger partial charge is 0.240 e. The van der Waals surface area contributed by atoms with Crippen molar-refractivity contribution in [3.05, 3.63) is 71.4 Å². The molecule has 7 heteroatoms. The van der Waals surface area contributed by atoms with E-state index in [1.165, 1.54) is 11.3 Å². The Morgan fingerprint density at radius 1 is 1.08 bits per heavy atom. The van der Waals surface area contributed by atoms with E-state index in [-0.39, 0.29) is 11.4 Å². The molecule has 0 radical (unpaired) electrons. The summed E-state index contributed by atoms with van der Waals surface area (Å²) in [5, 5.41) is 2.64. The maximum Gasteiger partial charge on any atom is 0.240 e. The molecule has 0 fully saturated rings. The standard InChI is InChI=1S/C19H16N2O3S2/c1-13-18(25-19(21-13)17-7-4-10-24-17)12-20-26(22,23)16-9-8-14-5-2-3-6-15(14)11-16/h2-11,20H,12H2,1H3. The molecule has 132 valence electrons. The van der Waals surface area contributed by atoms with Crippen LogP contribution >= 0.6 is 11.3 Å². The number of thiazole rings is 1. The van der Waals surface area contributed by atoms with Crippen molar-refractivity contribution < 1.29 is 12.8 Å². The predicted octanol–water partition coefficient (Wildman–Crippen LogP) is 4.34. The quantitative estimate of drug-likeness (QED) is 0.555. The average molecular weight is 384 g/mol. The molecule has 0 aliphatic rings. The van der Waals surface area contributed by atoms with Gasteiger partial charge in [0.05, 0.1) is 16.9 Å². The molecule has 0 unspecified atom stereocenters. The van der Waals surface area contributed by atoms with Crippen molar-refractivity contribution in [2.45, 2.75) is 18.4 Å². The second kappa shape index (κ2) is 6.68. The molecule has 26 heavy (non-hydrogen) atoms. The Labute approximate surface area is 155 Å². The number of hydrogen-bond donors (Lipinski definition) is 1. The highest BCUT2D eigenvalue weighted by atomic mass is 32.2. The number of nitrogens with zero attached hydrogens (tertiary/aromatic N) is 1. The van der Waals surface area contributed by atoms with Crippen LogP contribution in [0.1, 0.15) is 10.6 Å². The van der Waals surface area contributed by atoms with Gasteiger partial charge in [0.25, 0.3) is 0 Å². The van der Waals surface area contributed by atoms with E-state index in [9.17, 15) is 8.42 Å². The molecule has 4 aromatic rings. The van der Waals surface area contributed by atoms with Crippen LogP contribution in [0.5, 0.6) is 0 Å². The van der Waals surface area contributed by atoms with Gasteiger partial charge < -0.3 is 4.42 Å². The maximum atomic E-state index is 12.7. The highest BCUT2D eigenvalue weighted by Crippen LogP contribution is 2.28. The first-order chi connectivity index (χ1) is 12.5. The molecule has 0 bridgehead atoms. The van der Waals surface area contributed by atoms with E-state index >= 15 is 0 Å². The molecule has 2 heterocycles. The Hall–Kier alpha value is -2.48. The van der Waals surface area contributed by atoms with Crippen molar-refractivity contribution in [2.75, 3.05) is 0 Å². The summed E-state index contributed by atoms with van der Waals surface area (Å²) >= 11 is 1.42. The first kappa shape index (κ1) is 17.0. The SMILES string of the molecule is Cc1nc(-c2ccco2)sc1CNS(=O)(=O)c1ccc2ccccc2c1. The second-order valence-electron chi connectivity index (χ2n) is 5.84. The van der Waals surface area contributed by atoms with Gasteiger partial charge in [-0.25, -0.2) is 18.1 Å². The number of sulfonamides is 1. The van der Waals surface area contributed by atoms with Crippen molar-refractivity contribution in [3.63, 3.8) is 0 Å². The van der Waals surface area contributed by atoms with Crippen LogP contribution in [0.25, 0.3) is 21.5 Å². The van der Waals surface area contributed by atoms with E-state index in [0.717, 1.165) is 26.4 Å². The fraction of sp³-hybridized carbons (Fsp3) is 0.105. The number of fused-ring (bicyclic) bond motifs is 1. The lowest BCUT2D eigenvalue weighted by molar-refractivity contribution is 0.581. The summed E-state index contributed by atoms with van der Waals surface area (Å²) in [7, 11) is -3.61. The Balaban J connectivity index is 1.56. The van der Waals surface area contributed by atoms with Crippen LogP contribution in [0.4, 0.5) is 0 Å². The first-order valence-electron chi connectivity index (χ1n) is 8.01. The summed E-state index contributed by atoms with van der Waals surface area (Å²) in [6, 6.07) is 16.4. The topological polar surface area (TPSA) is 72.2 Å². The van der Waals surface area contributed by atoms with Crippen LogP contribution in [0.2, 0.25) is 0 Å². The van der Waals surface area contributed by atoms with Crippen molar-refractivity contribution in [2.24, 2.45) is 0 Å². The number of nitrogens with one attached hydrogen (secondary N) is 1. The number of aryl methyl sites for hydroxylation is 1. The molecule has 0 spiro atoms. The van der Waals surface area contributed by atoms with E-state index in [4.69, 9.17) is 4.42 Å². The molecular weight excluding hydrogens is 368 g/mol. The number of hydrogen-bond acceptors (Lipinski definition) is 5. The zero-order chi connectivity index (χ0) is 18.1. The van der Waals surface area contributed by atoms with Gasteiger partial charge in [0, 0.05) is 11.4 Å². The molecule has 2 aromatic heterocycles. The van der Waals surface area contributed by atoms with Crippen molar-refractivity contribution in [1.29, 1.82) is 0 Å². The van der Waals surface area contributed by atoms with Crippen LogP contribution in [-0.4, -0.2) is 13.4 Å². The van der Waals surface area contributed by atoms with E-state index < -0.39 is 10.0 Å². The molecule has 4 rings (SSSR count). The van der Waals surface area contributed by atoms with Gasteiger partial charge in [0.15, 0.2) is 10.8 Å². The van der Waals surface area contributed by atoms with E-state index in [1.807, 2.05) is 43.3 Å². The highest BCUT2D eigenvalue weighted by molar-refractivity contribution is 7.89. The Morgan fingerprint density at radius 3 is 2.65 bits per heavy atom. The third kappa shape index (κ3) is 3.29. The molecule has 1 N–H and O–H groups in total. The van der Waals surface area contributed by atoms with Gasteiger partial charge in [-0.2, -0.15) is 0 Å². The Kier molecular flexibility index (Phi) is 4.36. The number of aromatic nitrogens is 1. The zero-order valence-corrected chi connectivity index (χ0v) is 15.6. The summed E-state index contributed by atoms with van der Waals surface area (Å²) < 4.78 is 33.3. The molecule has 0 amide bonds. The molecule has 5 nitrogen and oxygen atoms in total. The summed E-state index contributed by atoms with van der Waals surface area (Å²) in [5.41, 5.74) is 0.794. The van der Waals surface area contributed by atoms with Crippen molar-refractivity contribution >= 4 is 32.1 Å². The minimum atomic E-state index is -3.61. The number of furan rings is 1. The maximum absolute atomic E-state index is 12.7. The normalized spacial score (nSPS) is 11.9. The van der Waals surface area contributed by atoms with Gasteiger partial charge in [0.2, 0.25) is 10.0 Å². The van der Waals surface area contributed by atoms with Crippen LogP contribution in [0.3, 0.4) is 0 Å². The lowest BCUT2D eigenvalue weighted by atomic mass is 10.1. The molecule has 0 aliphatic carbocycles. The minimum Gasteiger partial charge on any atom is -0.462 e. The van der Waals surface area contributed by atoms with Crippen LogP contribution < -0.4 is 4.72 Å². The number of benzene rings is 2.